The lowest BCUT2D eigenvalue weighted by molar-refractivity contribution is -0.384. The van der Waals surface area contributed by atoms with Crippen LogP contribution in [0.4, 0.5) is 11.4 Å². The van der Waals surface area contributed by atoms with Crippen molar-refractivity contribution in [1.82, 2.24) is 0 Å². The Labute approximate surface area is 117 Å². The largest absolute Gasteiger partial charge is 0.370 e. The monoisotopic (exact) mass is 281 g/mol. The summed E-state index contributed by atoms with van der Waals surface area (Å²) in [4.78, 5) is 12.3. The van der Waals surface area contributed by atoms with Crippen LogP contribution in [0.1, 0.15) is 19.4 Å². The number of alkyl halides is 1. The standard InChI is InChI=1S/C13H16ClN3O2/c1-3-16(9-10(2)8-15)13-5-4-12(17(18)19)6-11(13)7-14/h4-6,10H,3,7,9H2,1-2H3. The molecule has 0 aromatic heterocycles. The molecule has 0 saturated carbocycles. The van der Waals surface area contributed by atoms with Crippen LogP contribution >= 0.6 is 11.6 Å². The molecule has 0 fully saturated rings. The van der Waals surface area contributed by atoms with Crippen LogP contribution in [-0.2, 0) is 5.88 Å². The van der Waals surface area contributed by atoms with Crippen molar-refractivity contribution in [2.75, 3.05) is 18.0 Å². The Bertz CT molecular complexity index is 499. The molecule has 0 bridgehead atoms. The second-order valence-corrected chi connectivity index (χ2v) is 4.54. The average molecular weight is 282 g/mol. The van der Waals surface area contributed by atoms with E-state index < -0.39 is 4.92 Å². The third kappa shape index (κ3) is 3.83. The van der Waals surface area contributed by atoms with Crippen molar-refractivity contribution in [1.29, 1.82) is 5.26 Å². The summed E-state index contributed by atoms with van der Waals surface area (Å²) in [6.45, 7) is 5.11. The van der Waals surface area contributed by atoms with E-state index in [1.54, 1.807) is 6.07 Å². The number of nitrogens with zero attached hydrogens (tertiary/aromatic N) is 3. The molecule has 19 heavy (non-hydrogen) atoms. The van der Waals surface area contributed by atoms with E-state index >= 15 is 0 Å². The molecule has 0 N–H and O–H groups in total. The molecule has 1 rings (SSSR count). The molecule has 0 aliphatic heterocycles. The third-order valence-electron chi connectivity index (χ3n) is 2.85. The van der Waals surface area contributed by atoms with Crippen LogP contribution in [0.2, 0.25) is 0 Å². The van der Waals surface area contributed by atoms with Crippen molar-refractivity contribution in [3.8, 4) is 6.07 Å². The first kappa shape index (κ1) is 15.3. The predicted octanol–water partition coefficient (Wildman–Crippen LogP) is 3.32. The molecule has 102 valence electrons. The maximum Gasteiger partial charge on any atom is 0.269 e. The molecule has 0 aliphatic rings. The number of nitriles is 1. The summed E-state index contributed by atoms with van der Waals surface area (Å²) < 4.78 is 0. The molecule has 5 nitrogen and oxygen atoms in total. The van der Waals surface area contributed by atoms with E-state index in [1.807, 2.05) is 18.7 Å². The van der Waals surface area contributed by atoms with Gasteiger partial charge in [-0.05, 0) is 25.5 Å². The van der Waals surface area contributed by atoms with E-state index in [-0.39, 0.29) is 17.5 Å². The van der Waals surface area contributed by atoms with E-state index in [1.165, 1.54) is 12.1 Å². The molecule has 1 unspecified atom stereocenters. The van der Waals surface area contributed by atoms with Gasteiger partial charge in [0.25, 0.3) is 5.69 Å². The van der Waals surface area contributed by atoms with Gasteiger partial charge in [-0.1, -0.05) is 0 Å². The van der Waals surface area contributed by atoms with Crippen molar-refractivity contribution in [2.45, 2.75) is 19.7 Å². The third-order valence-corrected chi connectivity index (χ3v) is 3.14. The fourth-order valence-electron chi connectivity index (χ4n) is 1.87. The molecule has 0 aliphatic carbocycles. The van der Waals surface area contributed by atoms with Crippen LogP contribution in [0.3, 0.4) is 0 Å². The molecule has 0 saturated heterocycles. The molecule has 1 aromatic carbocycles. The lowest BCUT2D eigenvalue weighted by atomic mass is 10.1. The average Bonchev–Trinajstić information content (AvgIpc) is 2.43. The van der Waals surface area contributed by atoms with Crippen molar-refractivity contribution in [2.24, 2.45) is 5.92 Å². The SMILES string of the molecule is CCN(CC(C)C#N)c1ccc([N+](=O)[O-])cc1CCl. The number of nitro groups is 1. The van der Waals surface area contributed by atoms with Crippen LogP contribution in [0.25, 0.3) is 0 Å². The fourth-order valence-corrected chi connectivity index (χ4v) is 2.08. The Morgan fingerprint density at radius 2 is 2.26 bits per heavy atom. The smallest absolute Gasteiger partial charge is 0.269 e. The molecular formula is C13H16ClN3O2. The van der Waals surface area contributed by atoms with Crippen molar-refractivity contribution in [3.63, 3.8) is 0 Å². The summed E-state index contributed by atoms with van der Waals surface area (Å²) in [5, 5.41) is 19.6. The highest BCUT2D eigenvalue weighted by Crippen LogP contribution is 2.27. The minimum absolute atomic E-state index is 0.0313. The highest BCUT2D eigenvalue weighted by Gasteiger charge is 2.16. The predicted molar refractivity (Wildman–Crippen MR) is 75.3 cm³/mol. The minimum Gasteiger partial charge on any atom is -0.370 e. The van der Waals surface area contributed by atoms with Gasteiger partial charge in [-0.3, -0.25) is 10.1 Å². The highest BCUT2D eigenvalue weighted by molar-refractivity contribution is 6.17. The number of rotatable bonds is 6. The Hall–Kier alpha value is -1.80. The van der Waals surface area contributed by atoms with Crippen LogP contribution in [0.15, 0.2) is 18.2 Å². The Balaban J connectivity index is 3.10. The molecule has 0 heterocycles. The van der Waals surface area contributed by atoms with Crippen LogP contribution < -0.4 is 4.90 Å². The number of anilines is 1. The van der Waals surface area contributed by atoms with Gasteiger partial charge in [0.15, 0.2) is 0 Å². The molecular weight excluding hydrogens is 266 g/mol. The zero-order chi connectivity index (χ0) is 14.4. The minimum atomic E-state index is -0.436. The summed E-state index contributed by atoms with van der Waals surface area (Å²) in [6, 6.07) is 6.83. The second kappa shape index (κ2) is 6.95. The number of nitro benzene ring substituents is 1. The second-order valence-electron chi connectivity index (χ2n) is 4.27. The molecule has 0 radical (unpaired) electrons. The number of benzene rings is 1. The normalized spacial score (nSPS) is 11.7. The first-order chi connectivity index (χ1) is 9.03. The zero-order valence-electron chi connectivity index (χ0n) is 11.0. The Morgan fingerprint density at radius 3 is 2.74 bits per heavy atom. The molecule has 6 heteroatoms. The summed E-state index contributed by atoms with van der Waals surface area (Å²) in [5.41, 5.74) is 1.59. The van der Waals surface area contributed by atoms with Gasteiger partial charge in [-0.25, -0.2) is 0 Å². The van der Waals surface area contributed by atoms with E-state index in [2.05, 4.69) is 6.07 Å². The lowest BCUT2D eigenvalue weighted by Crippen LogP contribution is -2.28. The van der Waals surface area contributed by atoms with Crippen LogP contribution in [0, 0.1) is 27.4 Å². The van der Waals surface area contributed by atoms with E-state index in [9.17, 15) is 10.1 Å². The number of hydrogen-bond acceptors (Lipinski definition) is 4. The van der Waals surface area contributed by atoms with Crippen LogP contribution in [0.5, 0.6) is 0 Å². The van der Waals surface area contributed by atoms with Gasteiger partial charge in [-0.2, -0.15) is 5.26 Å². The van der Waals surface area contributed by atoms with Crippen molar-refractivity contribution >= 4 is 23.0 Å². The summed E-state index contributed by atoms with van der Waals surface area (Å²) >= 11 is 5.87. The molecule has 1 aromatic rings. The molecule has 1 atom stereocenters. The van der Waals surface area contributed by atoms with Gasteiger partial charge in [0, 0.05) is 36.8 Å². The molecule has 0 spiro atoms. The highest BCUT2D eigenvalue weighted by atomic mass is 35.5. The van der Waals surface area contributed by atoms with E-state index in [0.717, 1.165) is 5.69 Å². The quantitative estimate of drug-likeness (QED) is 0.455. The Morgan fingerprint density at radius 1 is 1.58 bits per heavy atom. The van der Waals surface area contributed by atoms with Crippen molar-refractivity contribution in [3.05, 3.63) is 33.9 Å². The van der Waals surface area contributed by atoms with Gasteiger partial charge in [0.05, 0.1) is 16.9 Å². The lowest BCUT2D eigenvalue weighted by Gasteiger charge is -2.26. The van der Waals surface area contributed by atoms with E-state index in [4.69, 9.17) is 16.9 Å². The first-order valence-electron chi connectivity index (χ1n) is 6.01. The van der Waals surface area contributed by atoms with Gasteiger partial charge in [0.2, 0.25) is 0 Å². The number of non-ortho nitro benzene ring substituents is 1. The van der Waals surface area contributed by atoms with Gasteiger partial charge >= 0.3 is 0 Å². The summed E-state index contributed by atoms with van der Waals surface area (Å²) in [7, 11) is 0. The van der Waals surface area contributed by atoms with Crippen molar-refractivity contribution < 1.29 is 4.92 Å². The summed E-state index contributed by atoms with van der Waals surface area (Å²) in [5.74, 6) is 0.0902. The first-order valence-corrected chi connectivity index (χ1v) is 6.54. The fraction of sp³-hybridized carbons (Fsp3) is 0.462. The topological polar surface area (TPSA) is 70.2 Å². The van der Waals surface area contributed by atoms with Crippen LogP contribution in [-0.4, -0.2) is 18.0 Å². The maximum absolute atomic E-state index is 10.7. The molecule has 0 amide bonds. The van der Waals surface area contributed by atoms with Gasteiger partial charge in [-0.15, -0.1) is 11.6 Å². The number of hydrogen-bond donors (Lipinski definition) is 0. The van der Waals surface area contributed by atoms with Gasteiger partial charge < -0.3 is 4.90 Å². The Kier molecular flexibility index (Phi) is 5.58. The zero-order valence-corrected chi connectivity index (χ0v) is 11.7. The number of halogens is 1. The van der Waals surface area contributed by atoms with E-state index in [0.29, 0.717) is 18.7 Å². The van der Waals surface area contributed by atoms with Gasteiger partial charge in [0.1, 0.15) is 0 Å². The maximum atomic E-state index is 10.7. The summed E-state index contributed by atoms with van der Waals surface area (Å²) in [6.07, 6.45) is 0.